The predicted molar refractivity (Wildman–Crippen MR) is 98.4 cm³/mol. The highest BCUT2D eigenvalue weighted by Crippen LogP contribution is 2.41. The van der Waals surface area contributed by atoms with E-state index in [1.165, 1.54) is 29.8 Å². The van der Waals surface area contributed by atoms with E-state index in [0.29, 0.717) is 21.8 Å². The van der Waals surface area contributed by atoms with E-state index < -0.39 is 17.8 Å². The van der Waals surface area contributed by atoms with Crippen molar-refractivity contribution in [1.82, 2.24) is 20.2 Å². The fourth-order valence-electron chi connectivity index (χ4n) is 2.80. The summed E-state index contributed by atoms with van der Waals surface area (Å²) in [6.45, 7) is 0. The number of rotatable bonds is 4. The molecule has 1 aromatic carbocycles. The van der Waals surface area contributed by atoms with Gasteiger partial charge in [-0.2, -0.15) is 13.2 Å². The number of aromatic nitrogens is 4. The highest BCUT2D eigenvalue weighted by atomic mass is 32.1. The van der Waals surface area contributed by atoms with Gasteiger partial charge >= 0.3 is 6.18 Å². The zero-order valence-corrected chi connectivity index (χ0v) is 15.0. The lowest BCUT2D eigenvalue weighted by atomic mass is 9.99. The molecule has 0 aliphatic heterocycles. The largest absolute Gasteiger partial charge is 0.416 e. The normalized spacial score (nSPS) is 12.9. The van der Waals surface area contributed by atoms with Crippen molar-refractivity contribution >= 4 is 11.3 Å². The Kier molecular flexibility index (Phi) is 4.70. The van der Waals surface area contributed by atoms with Crippen molar-refractivity contribution in [1.29, 1.82) is 0 Å². The Labute approximate surface area is 161 Å². The lowest BCUT2D eigenvalue weighted by molar-refractivity contribution is -0.137. The van der Waals surface area contributed by atoms with E-state index in [4.69, 9.17) is 0 Å². The fourth-order valence-corrected chi connectivity index (χ4v) is 3.95. The Morgan fingerprint density at radius 2 is 1.75 bits per heavy atom. The van der Waals surface area contributed by atoms with E-state index in [1.807, 2.05) is 12.1 Å². The van der Waals surface area contributed by atoms with Crippen molar-refractivity contribution in [2.24, 2.45) is 0 Å². The lowest BCUT2D eigenvalue weighted by Gasteiger charge is -2.13. The first-order valence-electron chi connectivity index (χ1n) is 8.19. The molecule has 9 heteroatoms. The summed E-state index contributed by atoms with van der Waals surface area (Å²) >= 11 is 1.40. The molecule has 142 valence electrons. The number of H-pyrrole nitrogens is 1. The monoisotopic (exact) mass is 402 g/mol. The van der Waals surface area contributed by atoms with Crippen molar-refractivity contribution in [2.45, 2.75) is 12.3 Å². The average Bonchev–Trinajstić information content (AvgIpc) is 3.37. The minimum atomic E-state index is -4.43. The predicted octanol–water partition coefficient (Wildman–Crippen LogP) is 4.70. The molecule has 1 unspecified atom stereocenters. The maximum Gasteiger partial charge on any atom is 0.416 e. The molecular formula is C19H13F3N4OS. The summed E-state index contributed by atoms with van der Waals surface area (Å²) in [4.78, 5) is 8.44. The second-order valence-corrected chi connectivity index (χ2v) is 7.04. The standard InChI is InChI=1S/C19H13F3N4OS/c20-19(21,22)13-3-1-12(2-4-13)16(27)14-9-15(11-5-7-23-8-6-11)28-17(14)18-24-10-25-26-18/h1-10,16,27H,(H,24,25,26). The molecule has 3 aromatic heterocycles. The van der Waals surface area contributed by atoms with Crippen LogP contribution in [-0.4, -0.2) is 25.3 Å². The number of aliphatic hydroxyl groups excluding tert-OH is 1. The molecule has 4 aromatic rings. The number of nitrogens with zero attached hydrogens (tertiary/aromatic N) is 3. The molecule has 2 N–H and O–H groups in total. The van der Waals surface area contributed by atoms with Gasteiger partial charge < -0.3 is 10.1 Å². The molecule has 0 radical (unpaired) electrons. The number of hydrogen-bond acceptors (Lipinski definition) is 5. The number of halogens is 3. The molecule has 0 aliphatic rings. The van der Waals surface area contributed by atoms with Gasteiger partial charge in [0.1, 0.15) is 12.4 Å². The van der Waals surface area contributed by atoms with Crippen LogP contribution < -0.4 is 0 Å². The maximum absolute atomic E-state index is 12.8. The highest BCUT2D eigenvalue weighted by Gasteiger charge is 2.30. The molecule has 5 nitrogen and oxygen atoms in total. The van der Waals surface area contributed by atoms with Crippen LogP contribution in [0, 0.1) is 0 Å². The first kappa shape index (κ1) is 18.3. The van der Waals surface area contributed by atoms with Crippen molar-refractivity contribution in [2.75, 3.05) is 0 Å². The zero-order chi connectivity index (χ0) is 19.7. The van der Waals surface area contributed by atoms with E-state index >= 15 is 0 Å². The Bertz CT molecular complexity index is 1060. The minimum Gasteiger partial charge on any atom is -0.384 e. The Morgan fingerprint density at radius 1 is 1.04 bits per heavy atom. The summed E-state index contributed by atoms with van der Waals surface area (Å²) in [7, 11) is 0. The van der Waals surface area contributed by atoms with E-state index in [2.05, 4.69) is 20.2 Å². The van der Waals surface area contributed by atoms with Gasteiger partial charge in [0.2, 0.25) is 0 Å². The molecule has 1 atom stereocenters. The smallest absolute Gasteiger partial charge is 0.384 e. The van der Waals surface area contributed by atoms with Crippen LogP contribution in [0.2, 0.25) is 0 Å². The van der Waals surface area contributed by atoms with Gasteiger partial charge in [0.05, 0.1) is 10.4 Å². The molecule has 0 spiro atoms. The number of hydrogen-bond donors (Lipinski definition) is 2. The summed E-state index contributed by atoms with van der Waals surface area (Å²) < 4.78 is 38.4. The number of aromatic amines is 1. The van der Waals surface area contributed by atoms with E-state index in [-0.39, 0.29) is 0 Å². The third-order valence-corrected chi connectivity index (χ3v) is 5.41. The van der Waals surface area contributed by atoms with Gasteiger partial charge in [-0.1, -0.05) is 12.1 Å². The molecule has 0 fully saturated rings. The van der Waals surface area contributed by atoms with Gasteiger partial charge in [0.25, 0.3) is 0 Å². The van der Waals surface area contributed by atoms with E-state index in [0.717, 1.165) is 22.6 Å². The second kappa shape index (κ2) is 7.17. The van der Waals surface area contributed by atoms with Crippen LogP contribution in [-0.2, 0) is 6.18 Å². The van der Waals surface area contributed by atoms with Crippen LogP contribution in [0.15, 0.2) is 61.2 Å². The summed E-state index contributed by atoms with van der Waals surface area (Å²) in [6.07, 6.45) is -0.792. The van der Waals surface area contributed by atoms with E-state index in [1.54, 1.807) is 18.5 Å². The zero-order valence-electron chi connectivity index (χ0n) is 14.2. The molecule has 0 saturated heterocycles. The van der Waals surface area contributed by atoms with Crippen molar-refractivity contribution < 1.29 is 18.3 Å². The summed E-state index contributed by atoms with van der Waals surface area (Å²) in [6, 6.07) is 9.96. The van der Waals surface area contributed by atoms with Crippen LogP contribution in [0.4, 0.5) is 13.2 Å². The Balaban J connectivity index is 1.76. The molecule has 0 saturated carbocycles. The van der Waals surface area contributed by atoms with Gasteiger partial charge in [-0.05, 0) is 41.5 Å². The lowest BCUT2D eigenvalue weighted by Crippen LogP contribution is -2.06. The van der Waals surface area contributed by atoms with Crippen LogP contribution in [0.25, 0.3) is 21.1 Å². The minimum absolute atomic E-state index is 0.354. The Hall–Kier alpha value is -3.04. The van der Waals surface area contributed by atoms with Gasteiger partial charge in [-0.25, -0.2) is 0 Å². The maximum atomic E-state index is 12.8. The molecule has 0 aliphatic carbocycles. The molecular weight excluding hydrogens is 389 g/mol. The van der Waals surface area contributed by atoms with Gasteiger partial charge in [-0.3, -0.25) is 4.98 Å². The molecule has 4 rings (SSSR count). The van der Waals surface area contributed by atoms with Gasteiger partial charge in [0.15, 0.2) is 5.82 Å². The van der Waals surface area contributed by atoms with Crippen LogP contribution in [0.1, 0.15) is 22.8 Å². The average molecular weight is 402 g/mol. The third-order valence-electron chi connectivity index (χ3n) is 4.21. The summed E-state index contributed by atoms with van der Waals surface area (Å²) in [5, 5.41) is 18.7. The van der Waals surface area contributed by atoms with Gasteiger partial charge in [-0.15, -0.1) is 21.5 Å². The summed E-state index contributed by atoms with van der Waals surface area (Å²) in [5.41, 5.74) is 1.04. The number of thiophene rings is 1. The molecule has 0 amide bonds. The highest BCUT2D eigenvalue weighted by molar-refractivity contribution is 7.19. The quantitative estimate of drug-likeness (QED) is 0.519. The van der Waals surface area contributed by atoms with Crippen molar-refractivity contribution in [3.8, 4) is 21.1 Å². The van der Waals surface area contributed by atoms with Gasteiger partial charge in [0, 0.05) is 22.8 Å². The molecule has 28 heavy (non-hydrogen) atoms. The van der Waals surface area contributed by atoms with Crippen molar-refractivity contribution in [3.05, 3.63) is 77.9 Å². The summed E-state index contributed by atoms with van der Waals surface area (Å²) in [5.74, 6) is 0.478. The van der Waals surface area contributed by atoms with Crippen LogP contribution in [0.5, 0.6) is 0 Å². The van der Waals surface area contributed by atoms with E-state index in [9.17, 15) is 18.3 Å². The number of nitrogens with one attached hydrogen (secondary N) is 1. The molecule has 0 bridgehead atoms. The second-order valence-electron chi connectivity index (χ2n) is 5.99. The van der Waals surface area contributed by atoms with Crippen LogP contribution >= 0.6 is 11.3 Å². The number of benzene rings is 1. The Morgan fingerprint density at radius 3 is 2.36 bits per heavy atom. The first-order chi connectivity index (χ1) is 13.4. The van der Waals surface area contributed by atoms with Crippen LogP contribution in [0.3, 0.4) is 0 Å². The fraction of sp³-hybridized carbons (Fsp3) is 0.105. The SMILES string of the molecule is OC(c1ccc(C(F)(F)F)cc1)c1cc(-c2ccncc2)sc1-c1nnc[nH]1. The number of alkyl halides is 3. The first-order valence-corrected chi connectivity index (χ1v) is 9.01. The number of pyridine rings is 1. The van der Waals surface area contributed by atoms with Crippen molar-refractivity contribution in [3.63, 3.8) is 0 Å². The number of aliphatic hydroxyl groups is 1. The topological polar surface area (TPSA) is 74.7 Å². The molecule has 3 heterocycles. The third kappa shape index (κ3) is 3.54.